The van der Waals surface area contributed by atoms with Gasteiger partial charge >= 0.3 is 0 Å². The van der Waals surface area contributed by atoms with Crippen LogP contribution in [0.3, 0.4) is 0 Å². The monoisotopic (exact) mass is 416 g/mol. The molecule has 4 aromatic rings. The van der Waals surface area contributed by atoms with E-state index in [2.05, 4.69) is 27.6 Å². The number of aryl methyl sites for hydroxylation is 2. The molecular weight excluding hydrogens is 392 g/mol. The van der Waals surface area contributed by atoms with Crippen LogP contribution < -0.4 is 10.1 Å². The quantitative estimate of drug-likeness (QED) is 0.496. The Labute approximate surface area is 180 Å². The molecule has 0 aliphatic heterocycles. The van der Waals surface area contributed by atoms with Crippen LogP contribution in [0.4, 0.5) is 0 Å². The molecule has 0 bridgehead atoms. The highest BCUT2D eigenvalue weighted by Crippen LogP contribution is 2.25. The van der Waals surface area contributed by atoms with Crippen molar-refractivity contribution >= 4 is 11.6 Å². The van der Waals surface area contributed by atoms with Gasteiger partial charge in [-0.05, 0) is 61.1 Å². The smallest absolute Gasteiger partial charge is 0.273 e. The van der Waals surface area contributed by atoms with Crippen molar-refractivity contribution in [2.45, 2.75) is 38.7 Å². The minimum Gasteiger partial charge on any atom is -0.486 e. The topological polar surface area (TPSA) is 81.7 Å². The zero-order valence-electron chi connectivity index (χ0n) is 17.2. The first-order valence-corrected chi connectivity index (χ1v) is 10.7. The molecule has 3 heterocycles. The van der Waals surface area contributed by atoms with E-state index in [4.69, 9.17) is 9.26 Å². The molecule has 5 rings (SSSR count). The summed E-state index contributed by atoms with van der Waals surface area (Å²) in [5.74, 6) is 1.06. The summed E-state index contributed by atoms with van der Waals surface area (Å²) in [4.78, 5) is 16.9. The third-order valence-electron chi connectivity index (χ3n) is 5.57. The fourth-order valence-electron chi connectivity index (χ4n) is 3.94. The first-order valence-electron chi connectivity index (χ1n) is 10.7. The van der Waals surface area contributed by atoms with Crippen LogP contribution in [0, 0.1) is 0 Å². The van der Waals surface area contributed by atoms with Crippen LogP contribution in [-0.4, -0.2) is 27.0 Å². The van der Waals surface area contributed by atoms with E-state index in [1.165, 1.54) is 24.0 Å². The van der Waals surface area contributed by atoms with Gasteiger partial charge in [-0.15, -0.1) is 0 Å². The highest BCUT2D eigenvalue weighted by atomic mass is 16.5. The lowest BCUT2D eigenvalue weighted by Crippen LogP contribution is -2.26. The molecule has 7 nitrogen and oxygen atoms in total. The highest BCUT2D eigenvalue weighted by Gasteiger charge is 2.14. The van der Waals surface area contributed by atoms with Crippen molar-refractivity contribution in [2.24, 2.45) is 0 Å². The second kappa shape index (κ2) is 8.63. The first kappa shape index (κ1) is 19.4. The molecule has 1 amide bonds. The number of pyridine rings is 1. The van der Waals surface area contributed by atoms with Crippen molar-refractivity contribution in [3.63, 3.8) is 0 Å². The van der Waals surface area contributed by atoms with E-state index in [-0.39, 0.29) is 18.2 Å². The zero-order chi connectivity index (χ0) is 21.0. The Morgan fingerprint density at radius 3 is 2.94 bits per heavy atom. The van der Waals surface area contributed by atoms with Crippen molar-refractivity contribution in [2.75, 3.05) is 6.54 Å². The van der Waals surface area contributed by atoms with Crippen molar-refractivity contribution in [3.8, 4) is 5.75 Å². The van der Waals surface area contributed by atoms with Crippen LogP contribution in [0.5, 0.6) is 5.75 Å². The molecule has 0 fully saturated rings. The number of nitrogens with zero attached hydrogens (tertiary/aromatic N) is 3. The maximum absolute atomic E-state index is 12.4. The SMILES string of the molecule is O=C(NCCc1cn2ccccc2n1)c1cc(COc2ccc3c(c2)CCCC3)on1. The Balaban J connectivity index is 1.12. The summed E-state index contributed by atoms with van der Waals surface area (Å²) in [7, 11) is 0. The fraction of sp³-hybridized carbons (Fsp3) is 0.292. The maximum Gasteiger partial charge on any atom is 0.273 e. The third kappa shape index (κ3) is 4.45. The predicted molar refractivity (Wildman–Crippen MR) is 115 cm³/mol. The summed E-state index contributed by atoms with van der Waals surface area (Å²) in [6.45, 7) is 0.705. The van der Waals surface area contributed by atoms with Gasteiger partial charge in [-0.2, -0.15) is 0 Å². The average molecular weight is 416 g/mol. The van der Waals surface area contributed by atoms with E-state index >= 15 is 0 Å². The minimum absolute atomic E-state index is 0.236. The molecule has 31 heavy (non-hydrogen) atoms. The van der Waals surface area contributed by atoms with E-state index in [0.717, 1.165) is 29.9 Å². The van der Waals surface area contributed by atoms with Gasteiger partial charge in [0.05, 0.1) is 5.69 Å². The van der Waals surface area contributed by atoms with E-state index in [9.17, 15) is 4.79 Å². The van der Waals surface area contributed by atoms with Gasteiger partial charge in [0, 0.05) is 31.4 Å². The molecule has 7 heteroatoms. The molecule has 0 unspecified atom stereocenters. The molecule has 0 atom stereocenters. The number of rotatable bonds is 7. The number of ether oxygens (including phenoxy) is 1. The molecule has 158 valence electrons. The van der Waals surface area contributed by atoms with Gasteiger partial charge in [0.15, 0.2) is 11.5 Å². The summed E-state index contributed by atoms with van der Waals surface area (Å²) >= 11 is 0. The van der Waals surface area contributed by atoms with Gasteiger partial charge in [-0.3, -0.25) is 4.79 Å². The van der Waals surface area contributed by atoms with E-state index in [1.807, 2.05) is 41.1 Å². The summed E-state index contributed by atoms with van der Waals surface area (Å²) < 4.78 is 13.1. The molecule has 1 N–H and O–H groups in total. The van der Waals surface area contributed by atoms with Crippen LogP contribution >= 0.6 is 0 Å². The summed E-state index contributed by atoms with van der Waals surface area (Å²) in [6.07, 6.45) is 9.30. The zero-order valence-corrected chi connectivity index (χ0v) is 17.2. The van der Waals surface area contributed by atoms with Crippen LogP contribution in [0.1, 0.15) is 45.9 Å². The van der Waals surface area contributed by atoms with E-state index < -0.39 is 0 Å². The van der Waals surface area contributed by atoms with Crippen molar-refractivity contribution in [1.29, 1.82) is 0 Å². The molecule has 1 aliphatic carbocycles. The number of aromatic nitrogens is 3. The Bertz CT molecular complexity index is 1180. The van der Waals surface area contributed by atoms with Crippen molar-refractivity contribution < 1.29 is 14.1 Å². The van der Waals surface area contributed by atoms with E-state index in [1.54, 1.807) is 6.07 Å². The van der Waals surface area contributed by atoms with Crippen LogP contribution in [0.25, 0.3) is 5.65 Å². The Kier molecular flexibility index (Phi) is 5.39. The van der Waals surface area contributed by atoms with Gasteiger partial charge in [-0.1, -0.05) is 17.3 Å². The van der Waals surface area contributed by atoms with Gasteiger partial charge in [-0.25, -0.2) is 4.98 Å². The number of fused-ring (bicyclic) bond motifs is 2. The molecule has 3 aromatic heterocycles. The number of nitrogens with one attached hydrogen (secondary N) is 1. The second-order valence-corrected chi connectivity index (χ2v) is 7.81. The van der Waals surface area contributed by atoms with Gasteiger partial charge in [0.1, 0.15) is 18.0 Å². The van der Waals surface area contributed by atoms with E-state index in [0.29, 0.717) is 18.7 Å². The van der Waals surface area contributed by atoms with Gasteiger partial charge < -0.3 is 19.0 Å². The number of hydrogen-bond acceptors (Lipinski definition) is 5. The number of carbonyl (C=O) groups excluding carboxylic acids is 1. The highest BCUT2D eigenvalue weighted by molar-refractivity contribution is 5.92. The lowest BCUT2D eigenvalue weighted by Gasteiger charge is -2.16. The normalized spacial score (nSPS) is 13.2. The fourth-order valence-corrected chi connectivity index (χ4v) is 3.94. The van der Waals surface area contributed by atoms with Crippen LogP contribution in [0.15, 0.2) is 59.4 Å². The lowest BCUT2D eigenvalue weighted by molar-refractivity contribution is 0.0944. The molecular formula is C24H24N4O3. The maximum atomic E-state index is 12.4. The summed E-state index contributed by atoms with van der Waals surface area (Å²) in [5, 5.41) is 6.73. The molecule has 0 saturated carbocycles. The molecule has 0 spiro atoms. The summed E-state index contributed by atoms with van der Waals surface area (Å²) in [6, 6.07) is 13.7. The molecule has 0 saturated heterocycles. The second-order valence-electron chi connectivity index (χ2n) is 7.81. The number of benzene rings is 1. The van der Waals surface area contributed by atoms with Crippen molar-refractivity contribution in [1.82, 2.24) is 19.9 Å². The number of hydrogen-bond donors (Lipinski definition) is 1. The third-order valence-corrected chi connectivity index (χ3v) is 5.57. The largest absolute Gasteiger partial charge is 0.486 e. The molecule has 1 aromatic carbocycles. The van der Waals surface area contributed by atoms with Crippen molar-refractivity contribution in [3.05, 3.63) is 83.1 Å². The Hall–Kier alpha value is -3.61. The van der Waals surface area contributed by atoms with Gasteiger partial charge in [0.2, 0.25) is 0 Å². The average Bonchev–Trinajstić information content (AvgIpc) is 3.44. The standard InChI is InChI=1S/C24H24N4O3/c29-24(25-11-10-19-15-28-12-4-3-7-23(28)26-19)22-14-21(31-27-22)16-30-20-9-8-17-5-1-2-6-18(17)13-20/h3-4,7-9,12-15H,1-2,5-6,10-11,16H2,(H,25,29). The first-order chi connectivity index (χ1) is 15.2. The predicted octanol–water partition coefficient (Wildman–Crippen LogP) is 3.75. The Morgan fingerprint density at radius 1 is 1.13 bits per heavy atom. The van der Waals surface area contributed by atoms with Crippen LogP contribution in [-0.2, 0) is 25.9 Å². The molecule has 0 radical (unpaired) electrons. The Morgan fingerprint density at radius 2 is 2.03 bits per heavy atom. The number of imidazole rings is 1. The number of amides is 1. The van der Waals surface area contributed by atoms with Gasteiger partial charge in [0.25, 0.3) is 5.91 Å². The molecule has 1 aliphatic rings. The number of carbonyl (C=O) groups is 1. The van der Waals surface area contributed by atoms with Crippen LogP contribution in [0.2, 0.25) is 0 Å². The lowest BCUT2D eigenvalue weighted by atomic mass is 9.92. The minimum atomic E-state index is -0.271. The summed E-state index contributed by atoms with van der Waals surface area (Å²) in [5.41, 5.74) is 4.85.